The summed E-state index contributed by atoms with van der Waals surface area (Å²) in [5.74, 6) is 223. The molecule has 1 amide bonds. The summed E-state index contributed by atoms with van der Waals surface area (Å²) in [6.45, 7) is 9.91. The lowest BCUT2D eigenvalue weighted by Crippen LogP contribution is -2.34. The molecule has 1 unspecified atom stereocenters. The number of nitrogens with zero attached hydrogens (tertiary/aromatic N) is 5. The topological polar surface area (TPSA) is 75.5 Å². The molecule has 1 saturated heterocycles. The van der Waals surface area contributed by atoms with Gasteiger partial charge in [0, 0.05) is 491 Å². The molecule has 0 aromatic heterocycles. The van der Waals surface area contributed by atoms with Gasteiger partial charge in [-0.1, -0.05) is 12.0 Å². The third-order valence-electron chi connectivity index (χ3n) is 10.4. The molecule has 0 saturated carbocycles. The summed E-state index contributed by atoms with van der Waals surface area (Å²) >= 11 is 5.22. The Morgan fingerprint density at radius 1 is 0.296 bits per heavy atom. The molecule has 1 aliphatic rings. The van der Waals surface area contributed by atoms with Crippen molar-refractivity contribution in [3.05, 3.63) is 64.5 Å². The Labute approximate surface area is 728 Å². The number of alkyl halides is 6. The van der Waals surface area contributed by atoms with Crippen molar-refractivity contribution >= 4 is 40.3 Å². The molecule has 0 aliphatic carbocycles. The van der Waals surface area contributed by atoms with Gasteiger partial charge in [0.25, 0.3) is 5.91 Å². The van der Waals surface area contributed by atoms with Crippen molar-refractivity contribution < 1.29 is 31.1 Å². The van der Waals surface area contributed by atoms with Gasteiger partial charge in [0.05, 0.1) is 29.3 Å². The van der Waals surface area contributed by atoms with Crippen LogP contribution in [0.2, 0.25) is 0 Å². The Hall–Kier alpha value is -23.9. The van der Waals surface area contributed by atoms with Crippen LogP contribution in [-0.4, -0.2) is 17.1 Å². The number of thiocarbonyl (C=S) groups is 1. The van der Waals surface area contributed by atoms with Crippen molar-refractivity contribution in [3.63, 3.8) is 0 Å². The molecule has 540 valence electrons. The van der Waals surface area contributed by atoms with Crippen LogP contribution in [0.15, 0.2) is 36.4 Å². The molecular weight excluding hydrogens is 1580 g/mol. The van der Waals surface area contributed by atoms with Crippen molar-refractivity contribution in [3.8, 4) is 545 Å². The number of carbonyl (C=O) groups excluding carboxylic acids is 1. The van der Waals surface area contributed by atoms with E-state index in [1.54, 1.807) is 13.0 Å². The van der Waals surface area contributed by atoms with E-state index in [9.17, 15) is 31.1 Å². The standard InChI is InChI=1S/C92H3N.C20H10F6N4OS/c1-2-3-4-5-6-7-8-9-10-11-12-13-14-15-16-17-18-19-20-21-22-23-24-25-26-27-28-29-30-31-32-33-34-35-36-37-38-39-40-41-42-43-44-45-46-47-48-49-50-51-52-53-54-55-56-57-58-59-60-61-62-63-64-65-66-67-68-69-70-71-72-73-74-75-76-77-78-79-80-81-82-83-84-85-86-87-88-89-90-91-92-93;1-10-17(31)30(13-5-6-16(28-2)15(8-13)20(24,25)26)18(32)29(10)12-4-3-11(9-27)14(7-12)19(21,22)23/h1H3;3-8,10H,1H3. The lowest BCUT2D eigenvalue weighted by Gasteiger charge is -2.24. The molecule has 0 spiro atoms. The Morgan fingerprint density at radius 2 is 0.480 bits per heavy atom. The number of rotatable bonds is 2. The minimum atomic E-state index is -4.87. The minimum Gasteiger partial charge on any atom is -0.306 e. The summed E-state index contributed by atoms with van der Waals surface area (Å²) in [6, 6.07) is 7.25. The fraction of sp³-hybridized carbons (Fsp3) is 0.0446. The Bertz CT molecular complexity index is 8430. The highest BCUT2D eigenvalue weighted by Crippen LogP contribution is 2.41. The van der Waals surface area contributed by atoms with Gasteiger partial charge in [-0.05, 0) is 104 Å². The summed E-state index contributed by atoms with van der Waals surface area (Å²) in [5, 5.41) is 16.8. The van der Waals surface area contributed by atoms with Crippen molar-refractivity contribution in [2.24, 2.45) is 0 Å². The highest BCUT2D eigenvalue weighted by Gasteiger charge is 2.44. The zero-order valence-corrected chi connectivity index (χ0v) is 63.7. The Balaban J connectivity index is 0.00000136. The van der Waals surface area contributed by atoms with Crippen LogP contribution < -0.4 is 9.80 Å². The predicted molar refractivity (Wildman–Crippen MR) is 467 cm³/mol. The van der Waals surface area contributed by atoms with E-state index in [2.05, 4.69) is 538 Å². The van der Waals surface area contributed by atoms with Gasteiger partial charge < -0.3 is 4.90 Å². The smallest absolute Gasteiger partial charge is 0.306 e. The Morgan fingerprint density at radius 3 is 0.656 bits per heavy atom. The van der Waals surface area contributed by atoms with Gasteiger partial charge in [0.1, 0.15) is 6.04 Å². The zero-order chi connectivity index (χ0) is 90.4. The van der Waals surface area contributed by atoms with E-state index in [0.29, 0.717) is 12.1 Å². The van der Waals surface area contributed by atoms with Crippen LogP contribution in [0.25, 0.3) is 4.85 Å². The highest BCUT2D eigenvalue weighted by molar-refractivity contribution is 7.81. The van der Waals surface area contributed by atoms with E-state index < -0.39 is 46.7 Å². The molecular formula is C112H13F6N5OS. The number of anilines is 2. The first-order valence-electron chi connectivity index (χ1n) is 31.9. The maximum absolute atomic E-state index is 13.3. The van der Waals surface area contributed by atoms with Crippen LogP contribution in [0.5, 0.6) is 0 Å². The third kappa shape index (κ3) is 52.0. The van der Waals surface area contributed by atoms with E-state index in [1.807, 2.05) is 0 Å². The largest absolute Gasteiger partial charge is 0.417 e. The molecule has 125 heavy (non-hydrogen) atoms. The van der Waals surface area contributed by atoms with Crippen molar-refractivity contribution in [1.29, 1.82) is 10.5 Å². The van der Waals surface area contributed by atoms with Crippen LogP contribution in [0, 0.1) is 562 Å². The summed E-state index contributed by atoms with van der Waals surface area (Å²) < 4.78 is 80.0. The molecule has 3 rings (SSSR count). The second-order valence-corrected chi connectivity index (χ2v) is 18.5. The number of carbonyl (C=O) groups is 1. The second-order valence-electron chi connectivity index (χ2n) is 18.1. The third-order valence-corrected chi connectivity index (χ3v) is 10.8. The molecule has 1 aliphatic heterocycles. The lowest BCUT2D eigenvalue weighted by molar-refractivity contribution is -0.138. The van der Waals surface area contributed by atoms with Gasteiger partial charge in [-0.15, -0.1) is 0 Å². The van der Waals surface area contributed by atoms with Gasteiger partial charge in [-0.3, -0.25) is 9.69 Å². The maximum atomic E-state index is 13.3. The number of hydrogen-bond acceptors (Lipinski definition) is 4. The quantitative estimate of drug-likeness (QED) is 0.152. The first-order chi connectivity index (χ1) is 61.2. The molecule has 13 heteroatoms. The molecule has 1 atom stereocenters. The van der Waals surface area contributed by atoms with Gasteiger partial charge in [-0.25, -0.2) is 4.85 Å². The molecule has 0 N–H and O–H groups in total. The molecule has 1 fully saturated rings. The first kappa shape index (κ1) is 97.1. The average Bonchev–Trinajstić information content (AvgIpc) is 1.61. The van der Waals surface area contributed by atoms with Gasteiger partial charge in [-0.2, -0.15) is 36.9 Å². The maximum Gasteiger partial charge on any atom is 0.417 e. The number of benzene rings is 2. The first-order valence-corrected chi connectivity index (χ1v) is 32.3. The number of hydrogen-bond donors (Lipinski definition) is 0. The molecule has 0 radical (unpaired) electrons. The molecule has 6 nitrogen and oxygen atoms in total. The van der Waals surface area contributed by atoms with E-state index in [1.165, 1.54) is 13.0 Å². The fourth-order valence-electron chi connectivity index (χ4n) is 6.05. The van der Waals surface area contributed by atoms with Crippen molar-refractivity contribution in [2.75, 3.05) is 9.80 Å². The summed E-state index contributed by atoms with van der Waals surface area (Å²) in [4.78, 5) is 17.5. The predicted octanol–water partition coefficient (Wildman–Crippen LogP) is 6.36. The van der Waals surface area contributed by atoms with Crippen LogP contribution in [0.1, 0.15) is 30.5 Å². The molecule has 2 aromatic carbocycles. The zero-order valence-electron chi connectivity index (χ0n) is 62.9. The normalized spacial score (nSPS) is 7.26. The fourth-order valence-corrected chi connectivity index (χ4v) is 6.51. The number of nitriles is 2. The van der Waals surface area contributed by atoms with Crippen molar-refractivity contribution in [2.45, 2.75) is 32.2 Å². The van der Waals surface area contributed by atoms with E-state index in [0.717, 1.165) is 34.1 Å². The molecule has 1 heterocycles. The Kier molecular flexibility index (Phi) is 52.9. The molecule has 0 bridgehead atoms. The number of amides is 1. The molecule has 2 aromatic rings. The minimum absolute atomic E-state index is 0.154. The average molecular weight is 1590 g/mol. The SMILES string of the molecule is CC#CC#CC#CC#CC#CC#CC#CC#CC#CC#CC#CC#CC#CC#CC#CC#CC#CC#CC#CC#CC#CC#CC#CC#CC#CC#CC#CC#CC#CC#CC#CC#CC#CC#CC#CC#CC#CC#CC#CC#CC#CC#CC#CC#CC#CC#N.[C-]#[N+]c1ccc(N2C(=O)C(C)N(c3ccc(C#N)c(C(F)(F)F)c3)C2=S)cc1C(F)(F)F. The summed E-state index contributed by atoms with van der Waals surface area (Å²) in [6.07, 6.45) is -9.73. The van der Waals surface area contributed by atoms with Gasteiger partial charge in [0.2, 0.25) is 0 Å². The van der Waals surface area contributed by atoms with E-state index >= 15 is 0 Å². The van der Waals surface area contributed by atoms with Crippen LogP contribution in [0.3, 0.4) is 0 Å². The van der Waals surface area contributed by atoms with Gasteiger partial charge in [0.15, 0.2) is 16.9 Å². The van der Waals surface area contributed by atoms with Crippen molar-refractivity contribution in [1.82, 2.24) is 0 Å². The summed E-state index contributed by atoms with van der Waals surface area (Å²) in [5.41, 5.74) is -4.25. The van der Waals surface area contributed by atoms with E-state index in [-0.39, 0.29) is 16.5 Å². The van der Waals surface area contributed by atoms with Crippen LogP contribution >= 0.6 is 12.2 Å². The van der Waals surface area contributed by atoms with Gasteiger partial charge >= 0.3 is 12.4 Å². The van der Waals surface area contributed by atoms with Crippen LogP contribution in [-0.2, 0) is 17.1 Å². The number of halogens is 6. The second kappa shape index (κ2) is 68.1. The summed E-state index contributed by atoms with van der Waals surface area (Å²) in [7, 11) is 0. The van der Waals surface area contributed by atoms with E-state index in [4.69, 9.17) is 29.3 Å². The highest BCUT2D eigenvalue weighted by atomic mass is 32.1. The monoisotopic (exact) mass is 1590 g/mol. The lowest BCUT2D eigenvalue weighted by atomic mass is 10.1. The van der Waals surface area contributed by atoms with Crippen LogP contribution in [0.4, 0.5) is 43.4 Å².